The molecule has 26 heavy (non-hydrogen) atoms. The van der Waals surface area contributed by atoms with E-state index in [0.717, 1.165) is 55.4 Å². The summed E-state index contributed by atoms with van der Waals surface area (Å²) in [4.78, 5) is 22.2. The molecular formula is C18H32IN5OS. The fraction of sp³-hybridized carbons (Fsp3) is 0.722. The Morgan fingerprint density at radius 1 is 1.23 bits per heavy atom. The Labute approximate surface area is 178 Å². The van der Waals surface area contributed by atoms with E-state index >= 15 is 0 Å². The molecule has 0 radical (unpaired) electrons. The highest BCUT2D eigenvalue weighted by Gasteiger charge is 2.24. The molecule has 1 amide bonds. The van der Waals surface area contributed by atoms with E-state index in [1.807, 2.05) is 0 Å². The van der Waals surface area contributed by atoms with Gasteiger partial charge in [0.2, 0.25) is 5.91 Å². The highest BCUT2D eigenvalue weighted by atomic mass is 127. The minimum absolute atomic E-state index is 0. The van der Waals surface area contributed by atoms with Crippen LogP contribution in [0.3, 0.4) is 0 Å². The fourth-order valence-electron chi connectivity index (χ4n) is 2.57. The van der Waals surface area contributed by atoms with Gasteiger partial charge in [-0.1, -0.05) is 6.42 Å². The van der Waals surface area contributed by atoms with Crippen molar-refractivity contribution in [3.63, 3.8) is 0 Å². The number of nitrogens with one attached hydrogen (secondary N) is 3. The molecule has 1 aliphatic rings. The van der Waals surface area contributed by atoms with Crippen LogP contribution in [0.25, 0.3) is 0 Å². The minimum Gasteiger partial charge on any atom is -0.357 e. The first kappa shape index (κ1) is 23.1. The van der Waals surface area contributed by atoms with Crippen LogP contribution in [0.5, 0.6) is 0 Å². The van der Waals surface area contributed by atoms with Crippen LogP contribution in [-0.2, 0) is 11.2 Å². The number of thiazole rings is 1. The molecule has 1 aliphatic carbocycles. The van der Waals surface area contributed by atoms with Crippen LogP contribution in [0.2, 0.25) is 0 Å². The SMILES string of the molecule is CCNC(=NCCCNC(=O)C1CCC1)NCCc1nc(C)c(C)s1.I. The number of rotatable bonds is 9. The summed E-state index contributed by atoms with van der Waals surface area (Å²) in [5, 5.41) is 10.8. The molecule has 0 aliphatic heterocycles. The molecule has 0 atom stereocenters. The molecule has 6 nitrogen and oxygen atoms in total. The third-order valence-corrected chi connectivity index (χ3v) is 5.56. The molecule has 1 aromatic heterocycles. The van der Waals surface area contributed by atoms with Crippen LogP contribution in [0.4, 0.5) is 0 Å². The first-order valence-corrected chi connectivity index (χ1v) is 10.1. The van der Waals surface area contributed by atoms with Crippen molar-refractivity contribution in [1.29, 1.82) is 0 Å². The molecule has 0 bridgehead atoms. The first-order chi connectivity index (χ1) is 12.1. The third kappa shape index (κ3) is 7.77. The highest BCUT2D eigenvalue weighted by Crippen LogP contribution is 2.26. The van der Waals surface area contributed by atoms with Gasteiger partial charge in [-0.3, -0.25) is 9.79 Å². The number of hydrogen-bond donors (Lipinski definition) is 3. The van der Waals surface area contributed by atoms with Gasteiger partial charge >= 0.3 is 0 Å². The predicted octanol–water partition coefficient (Wildman–Crippen LogP) is 2.78. The quantitative estimate of drug-likeness (QED) is 0.214. The number of aromatic nitrogens is 1. The zero-order valence-corrected chi connectivity index (χ0v) is 19.2. The number of carbonyl (C=O) groups is 1. The summed E-state index contributed by atoms with van der Waals surface area (Å²) >= 11 is 1.76. The lowest BCUT2D eigenvalue weighted by Gasteiger charge is -2.23. The lowest BCUT2D eigenvalue weighted by atomic mass is 9.85. The van der Waals surface area contributed by atoms with Crippen molar-refractivity contribution in [1.82, 2.24) is 20.9 Å². The normalized spacial score (nSPS) is 14.3. The molecule has 0 unspecified atom stereocenters. The summed E-state index contributed by atoms with van der Waals surface area (Å²) in [7, 11) is 0. The molecule has 1 fully saturated rings. The lowest BCUT2D eigenvalue weighted by Crippen LogP contribution is -2.38. The maximum Gasteiger partial charge on any atom is 0.223 e. The Hall–Kier alpha value is -0.900. The van der Waals surface area contributed by atoms with Crippen molar-refractivity contribution in [2.75, 3.05) is 26.2 Å². The number of amides is 1. The smallest absolute Gasteiger partial charge is 0.223 e. The number of nitrogens with zero attached hydrogens (tertiary/aromatic N) is 2. The molecule has 0 spiro atoms. The first-order valence-electron chi connectivity index (χ1n) is 9.33. The van der Waals surface area contributed by atoms with Gasteiger partial charge in [-0.2, -0.15) is 0 Å². The summed E-state index contributed by atoms with van der Waals surface area (Å²) in [5.74, 6) is 1.31. The van der Waals surface area contributed by atoms with E-state index in [4.69, 9.17) is 0 Å². The second-order valence-corrected chi connectivity index (χ2v) is 7.75. The Morgan fingerprint density at radius 3 is 2.58 bits per heavy atom. The van der Waals surface area contributed by atoms with Crippen LogP contribution >= 0.6 is 35.3 Å². The third-order valence-electron chi connectivity index (χ3n) is 4.43. The number of aryl methyl sites for hydroxylation is 2. The van der Waals surface area contributed by atoms with Crippen molar-refractivity contribution in [2.24, 2.45) is 10.9 Å². The zero-order valence-electron chi connectivity index (χ0n) is 16.1. The van der Waals surface area contributed by atoms with E-state index in [2.05, 4.69) is 46.7 Å². The van der Waals surface area contributed by atoms with Gasteiger partial charge in [0.1, 0.15) is 0 Å². The summed E-state index contributed by atoms with van der Waals surface area (Å²) in [6.07, 6.45) is 5.06. The largest absolute Gasteiger partial charge is 0.357 e. The monoisotopic (exact) mass is 493 g/mol. The summed E-state index contributed by atoms with van der Waals surface area (Å²) in [6, 6.07) is 0. The molecule has 1 aromatic rings. The fourth-order valence-corrected chi connectivity index (χ4v) is 3.51. The molecule has 2 rings (SSSR count). The van der Waals surface area contributed by atoms with Crippen LogP contribution in [-0.4, -0.2) is 43.0 Å². The van der Waals surface area contributed by atoms with Gasteiger partial charge in [0.15, 0.2) is 5.96 Å². The van der Waals surface area contributed by atoms with Crippen LogP contribution < -0.4 is 16.0 Å². The van der Waals surface area contributed by atoms with E-state index < -0.39 is 0 Å². The van der Waals surface area contributed by atoms with Gasteiger partial charge in [-0.05, 0) is 40.0 Å². The van der Waals surface area contributed by atoms with E-state index in [-0.39, 0.29) is 35.8 Å². The molecule has 8 heteroatoms. The van der Waals surface area contributed by atoms with Crippen LogP contribution in [0.1, 0.15) is 48.2 Å². The van der Waals surface area contributed by atoms with E-state index in [0.29, 0.717) is 13.1 Å². The maximum atomic E-state index is 11.7. The molecule has 148 valence electrons. The van der Waals surface area contributed by atoms with Crippen molar-refractivity contribution in [3.8, 4) is 0 Å². The molecule has 0 saturated heterocycles. The van der Waals surface area contributed by atoms with Gasteiger partial charge < -0.3 is 16.0 Å². The Morgan fingerprint density at radius 2 is 2.00 bits per heavy atom. The van der Waals surface area contributed by atoms with Gasteiger partial charge in [0.05, 0.1) is 10.7 Å². The van der Waals surface area contributed by atoms with Crippen molar-refractivity contribution < 1.29 is 4.79 Å². The molecule has 0 aromatic carbocycles. The lowest BCUT2D eigenvalue weighted by molar-refractivity contribution is -0.127. The predicted molar refractivity (Wildman–Crippen MR) is 120 cm³/mol. The maximum absolute atomic E-state index is 11.7. The number of carbonyl (C=O) groups excluding carboxylic acids is 1. The number of hydrogen-bond acceptors (Lipinski definition) is 4. The standard InChI is InChI=1S/C18H31N5OS.HI/c1-4-19-18(22-12-9-16-23-13(2)14(3)25-16)21-11-6-10-20-17(24)15-7-5-8-15;/h15H,4-12H2,1-3H3,(H,20,24)(H2,19,21,22);1H. The molecule has 3 N–H and O–H groups in total. The Balaban J connectivity index is 0.00000338. The average molecular weight is 493 g/mol. The Bertz CT molecular complexity index is 567. The summed E-state index contributed by atoms with van der Waals surface area (Å²) in [5.41, 5.74) is 1.13. The van der Waals surface area contributed by atoms with Gasteiger partial charge in [0.25, 0.3) is 0 Å². The molecule has 1 saturated carbocycles. The van der Waals surface area contributed by atoms with Crippen molar-refractivity contribution in [2.45, 2.75) is 52.9 Å². The van der Waals surface area contributed by atoms with E-state index in [1.165, 1.54) is 11.3 Å². The van der Waals surface area contributed by atoms with Crippen molar-refractivity contribution in [3.05, 3.63) is 15.6 Å². The van der Waals surface area contributed by atoms with E-state index in [1.54, 1.807) is 11.3 Å². The summed E-state index contributed by atoms with van der Waals surface area (Å²) < 4.78 is 0. The molecule has 1 heterocycles. The summed E-state index contributed by atoms with van der Waals surface area (Å²) in [6.45, 7) is 9.28. The minimum atomic E-state index is 0. The number of guanidine groups is 1. The van der Waals surface area contributed by atoms with Crippen molar-refractivity contribution >= 4 is 47.2 Å². The second kappa shape index (κ2) is 12.5. The average Bonchev–Trinajstić information content (AvgIpc) is 2.83. The zero-order chi connectivity index (χ0) is 18.1. The van der Waals surface area contributed by atoms with Crippen LogP contribution in [0.15, 0.2) is 4.99 Å². The second-order valence-electron chi connectivity index (χ2n) is 6.46. The molecular weight excluding hydrogens is 461 g/mol. The number of aliphatic imine (C=N–C) groups is 1. The topological polar surface area (TPSA) is 78.4 Å². The van der Waals surface area contributed by atoms with Gasteiger partial charge in [-0.15, -0.1) is 35.3 Å². The van der Waals surface area contributed by atoms with Crippen LogP contribution in [0, 0.1) is 19.8 Å². The Kier molecular flexibility index (Phi) is 11.1. The van der Waals surface area contributed by atoms with Gasteiger partial charge in [-0.25, -0.2) is 4.98 Å². The van der Waals surface area contributed by atoms with Gasteiger partial charge in [0, 0.05) is 43.4 Å². The number of halogens is 1. The van der Waals surface area contributed by atoms with E-state index in [9.17, 15) is 4.79 Å². The highest BCUT2D eigenvalue weighted by molar-refractivity contribution is 14.0.